The molecule has 3 rings (SSSR count). The lowest BCUT2D eigenvalue weighted by molar-refractivity contribution is 0.319. The fraction of sp³-hybridized carbons (Fsp3) is 0.389. The SMILES string of the molecule is Cc1ccc(S(=O)(=O)N/N=C2\C=C[C@]3(CC=CCC3)CC2)cc1. The highest BCUT2D eigenvalue weighted by atomic mass is 32.2. The molecule has 0 aliphatic heterocycles. The highest BCUT2D eigenvalue weighted by Gasteiger charge is 2.29. The van der Waals surface area contributed by atoms with Crippen LogP contribution >= 0.6 is 0 Å². The molecule has 1 aromatic carbocycles. The maximum absolute atomic E-state index is 12.2. The van der Waals surface area contributed by atoms with E-state index in [0.29, 0.717) is 0 Å². The number of nitrogens with zero attached hydrogens (tertiary/aromatic N) is 1. The predicted molar refractivity (Wildman–Crippen MR) is 92.7 cm³/mol. The van der Waals surface area contributed by atoms with Gasteiger partial charge in [-0.15, -0.1) is 0 Å². The molecule has 0 heterocycles. The Morgan fingerprint density at radius 1 is 1.13 bits per heavy atom. The predicted octanol–water partition coefficient (Wildman–Crippen LogP) is 3.71. The lowest BCUT2D eigenvalue weighted by Gasteiger charge is -2.34. The Morgan fingerprint density at radius 2 is 1.91 bits per heavy atom. The summed E-state index contributed by atoms with van der Waals surface area (Å²) >= 11 is 0. The molecule has 1 N–H and O–H groups in total. The molecule has 0 saturated heterocycles. The van der Waals surface area contributed by atoms with Gasteiger partial charge in [-0.2, -0.15) is 18.4 Å². The van der Waals surface area contributed by atoms with Crippen molar-refractivity contribution in [1.82, 2.24) is 4.83 Å². The number of hydrogen-bond donors (Lipinski definition) is 1. The number of hydrazone groups is 1. The van der Waals surface area contributed by atoms with Gasteiger partial charge in [0.25, 0.3) is 10.0 Å². The van der Waals surface area contributed by atoms with Crippen LogP contribution in [0.25, 0.3) is 0 Å². The first kappa shape index (κ1) is 16.0. The molecule has 122 valence electrons. The summed E-state index contributed by atoms with van der Waals surface area (Å²) in [6.07, 6.45) is 13.9. The minimum Gasteiger partial charge on any atom is -0.200 e. The summed E-state index contributed by atoms with van der Waals surface area (Å²) in [6, 6.07) is 6.75. The Morgan fingerprint density at radius 3 is 2.52 bits per heavy atom. The van der Waals surface area contributed by atoms with E-state index in [1.807, 2.05) is 13.0 Å². The lowest BCUT2D eigenvalue weighted by Crippen LogP contribution is -2.26. The Hall–Kier alpha value is -1.88. The summed E-state index contributed by atoms with van der Waals surface area (Å²) in [6.45, 7) is 1.92. The average molecular weight is 330 g/mol. The van der Waals surface area contributed by atoms with Gasteiger partial charge in [-0.05, 0) is 62.7 Å². The molecule has 0 aromatic heterocycles. The second kappa shape index (κ2) is 6.32. The topological polar surface area (TPSA) is 58.5 Å². The molecule has 0 saturated carbocycles. The van der Waals surface area contributed by atoms with E-state index >= 15 is 0 Å². The van der Waals surface area contributed by atoms with Gasteiger partial charge in [-0.1, -0.05) is 35.9 Å². The number of rotatable bonds is 3. The molecule has 23 heavy (non-hydrogen) atoms. The highest BCUT2D eigenvalue weighted by Crippen LogP contribution is 2.40. The molecule has 0 unspecified atom stereocenters. The summed E-state index contributed by atoms with van der Waals surface area (Å²) in [4.78, 5) is 2.59. The van der Waals surface area contributed by atoms with E-state index < -0.39 is 10.0 Å². The normalized spacial score (nSPS) is 25.9. The average Bonchev–Trinajstić information content (AvgIpc) is 2.56. The van der Waals surface area contributed by atoms with Crippen LogP contribution in [0.15, 0.2) is 58.6 Å². The van der Waals surface area contributed by atoms with Gasteiger partial charge in [0.15, 0.2) is 0 Å². The standard InChI is InChI=1S/C18H22N2O2S/c1-15-5-7-17(8-6-15)23(21,22)20-19-16-9-13-18(14-10-16)11-3-2-4-12-18/h2-3,5-9,13,20H,4,10-12,14H2,1H3/b19-16+/t18-/m1/s1. The third kappa shape index (κ3) is 3.72. The first-order chi connectivity index (χ1) is 11.0. The van der Waals surface area contributed by atoms with Crippen LogP contribution in [0, 0.1) is 12.3 Å². The van der Waals surface area contributed by atoms with E-state index in [1.165, 1.54) is 6.42 Å². The van der Waals surface area contributed by atoms with Crippen LogP contribution in [-0.2, 0) is 10.0 Å². The largest absolute Gasteiger partial charge is 0.276 e. The minimum atomic E-state index is -3.59. The fourth-order valence-corrected chi connectivity index (χ4v) is 3.92. The quantitative estimate of drug-likeness (QED) is 0.678. The van der Waals surface area contributed by atoms with Crippen LogP contribution in [0.2, 0.25) is 0 Å². The molecule has 4 nitrogen and oxygen atoms in total. The van der Waals surface area contributed by atoms with Crippen molar-refractivity contribution in [3.8, 4) is 0 Å². The van der Waals surface area contributed by atoms with Crippen LogP contribution in [-0.4, -0.2) is 14.1 Å². The van der Waals surface area contributed by atoms with Gasteiger partial charge in [0.1, 0.15) is 0 Å². The van der Waals surface area contributed by atoms with Crippen molar-refractivity contribution in [3.63, 3.8) is 0 Å². The molecular formula is C18H22N2O2S. The minimum absolute atomic E-state index is 0.237. The molecule has 1 spiro atoms. The van der Waals surface area contributed by atoms with Crippen molar-refractivity contribution in [2.75, 3.05) is 0 Å². The van der Waals surface area contributed by atoms with E-state index in [2.05, 4.69) is 28.2 Å². The van der Waals surface area contributed by atoms with Crippen LogP contribution in [0.4, 0.5) is 0 Å². The van der Waals surface area contributed by atoms with Gasteiger partial charge in [0.05, 0.1) is 10.6 Å². The number of nitrogens with one attached hydrogen (secondary N) is 1. The molecule has 0 fully saturated rings. The van der Waals surface area contributed by atoms with E-state index in [0.717, 1.165) is 37.0 Å². The maximum Gasteiger partial charge on any atom is 0.276 e. The number of sulfonamides is 1. The number of hydrogen-bond acceptors (Lipinski definition) is 3. The van der Waals surface area contributed by atoms with Crippen molar-refractivity contribution in [3.05, 3.63) is 54.1 Å². The van der Waals surface area contributed by atoms with Crippen molar-refractivity contribution >= 4 is 15.7 Å². The van der Waals surface area contributed by atoms with Gasteiger partial charge in [0.2, 0.25) is 0 Å². The lowest BCUT2D eigenvalue weighted by atomic mass is 9.71. The smallest absolute Gasteiger partial charge is 0.200 e. The van der Waals surface area contributed by atoms with E-state index in [9.17, 15) is 8.42 Å². The Labute approximate surface area is 138 Å². The monoisotopic (exact) mass is 330 g/mol. The van der Waals surface area contributed by atoms with Crippen molar-refractivity contribution in [2.24, 2.45) is 10.5 Å². The summed E-state index contributed by atoms with van der Waals surface area (Å²) in [5.74, 6) is 0. The first-order valence-electron chi connectivity index (χ1n) is 7.98. The van der Waals surface area contributed by atoms with Crippen molar-refractivity contribution < 1.29 is 8.42 Å². The van der Waals surface area contributed by atoms with E-state index in [-0.39, 0.29) is 10.3 Å². The summed E-state index contributed by atoms with van der Waals surface area (Å²) < 4.78 is 24.5. The van der Waals surface area contributed by atoms with Crippen molar-refractivity contribution in [1.29, 1.82) is 0 Å². The summed E-state index contributed by atoms with van der Waals surface area (Å²) in [5.41, 5.74) is 2.07. The van der Waals surface area contributed by atoms with E-state index in [4.69, 9.17) is 0 Å². The molecule has 2 aliphatic carbocycles. The fourth-order valence-electron chi connectivity index (χ4n) is 3.09. The van der Waals surface area contributed by atoms with Gasteiger partial charge < -0.3 is 0 Å². The molecule has 0 bridgehead atoms. The second-order valence-electron chi connectivity index (χ2n) is 6.42. The Balaban J connectivity index is 1.70. The van der Waals surface area contributed by atoms with E-state index in [1.54, 1.807) is 24.3 Å². The Bertz CT molecular complexity index is 761. The number of allylic oxidation sites excluding steroid dienone is 4. The molecule has 0 amide bonds. The van der Waals surface area contributed by atoms with Crippen LogP contribution in [0.1, 0.15) is 37.7 Å². The zero-order valence-electron chi connectivity index (χ0n) is 13.3. The molecule has 1 aromatic rings. The third-order valence-corrected chi connectivity index (χ3v) is 5.87. The molecule has 1 atom stereocenters. The summed E-state index contributed by atoms with van der Waals surface area (Å²) in [5, 5.41) is 4.11. The van der Waals surface area contributed by atoms with Crippen LogP contribution in [0.3, 0.4) is 0 Å². The first-order valence-corrected chi connectivity index (χ1v) is 9.47. The molecule has 2 aliphatic rings. The van der Waals surface area contributed by atoms with Crippen LogP contribution < -0.4 is 4.83 Å². The van der Waals surface area contributed by atoms with Crippen molar-refractivity contribution in [2.45, 2.75) is 43.9 Å². The maximum atomic E-state index is 12.2. The molecular weight excluding hydrogens is 308 g/mol. The second-order valence-corrected chi connectivity index (χ2v) is 8.08. The highest BCUT2D eigenvalue weighted by molar-refractivity contribution is 7.89. The molecule has 0 radical (unpaired) electrons. The van der Waals surface area contributed by atoms with Gasteiger partial charge in [0, 0.05) is 0 Å². The Kier molecular flexibility index (Phi) is 4.39. The van der Waals surface area contributed by atoms with Gasteiger partial charge in [-0.25, -0.2) is 0 Å². The van der Waals surface area contributed by atoms with Gasteiger partial charge in [-0.3, -0.25) is 0 Å². The van der Waals surface area contributed by atoms with Crippen LogP contribution in [0.5, 0.6) is 0 Å². The number of benzene rings is 1. The third-order valence-electron chi connectivity index (χ3n) is 4.65. The zero-order valence-corrected chi connectivity index (χ0v) is 14.1. The summed E-state index contributed by atoms with van der Waals surface area (Å²) in [7, 11) is -3.59. The molecule has 5 heteroatoms. The zero-order chi connectivity index (χ0) is 16.3. The van der Waals surface area contributed by atoms with Gasteiger partial charge >= 0.3 is 0 Å². The number of aryl methyl sites for hydroxylation is 1.